The van der Waals surface area contributed by atoms with Gasteiger partial charge in [-0.2, -0.15) is 0 Å². The molecule has 5 heteroatoms. The number of ether oxygens (including phenoxy) is 1. The van der Waals surface area contributed by atoms with Crippen LogP contribution in [0.4, 0.5) is 0 Å². The minimum absolute atomic E-state index is 0.0156. The molecule has 0 aromatic rings. The Kier molecular flexibility index (Phi) is 9.87. The van der Waals surface area contributed by atoms with Crippen LogP contribution < -0.4 is 0 Å². The molecule has 2 N–H and O–H groups in total. The highest BCUT2D eigenvalue weighted by molar-refractivity contribution is 5.76. The zero-order valence-electron chi connectivity index (χ0n) is 18.7. The first-order chi connectivity index (χ1) is 13.8. The van der Waals surface area contributed by atoms with Gasteiger partial charge < -0.3 is 19.8 Å². The van der Waals surface area contributed by atoms with Gasteiger partial charge in [-0.25, -0.2) is 0 Å². The van der Waals surface area contributed by atoms with E-state index in [2.05, 4.69) is 26.0 Å². The van der Waals surface area contributed by atoms with Gasteiger partial charge in [0.15, 0.2) is 0 Å². The summed E-state index contributed by atoms with van der Waals surface area (Å²) in [7, 11) is 3.46. The van der Waals surface area contributed by atoms with E-state index in [1.165, 1.54) is 23.3 Å². The second kappa shape index (κ2) is 11.9. The third kappa shape index (κ3) is 7.54. The number of likely N-dealkylation sites (N-methyl/N-ethyl adjacent to an activating group) is 1. The van der Waals surface area contributed by atoms with E-state index in [4.69, 9.17) is 4.74 Å². The average Bonchev–Trinajstić information content (AvgIpc) is 3.17. The van der Waals surface area contributed by atoms with Crippen molar-refractivity contribution < 1.29 is 19.7 Å². The van der Waals surface area contributed by atoms with Crippen LogP contribution in [0.1, 0.15) is 58.8 Å². The highest BCUT2D eigenvalue weighted by atomic mass is 16.5. The molecule has 0 aliphatic heterocycles. The van der Waals surface area contributed by atoms with Crippen LogP contribution in [0.25, 0.3) is 0 Å². The molecule has 0 bridgehead atoms. The van der Waals surface area contributed by atoms with Gasteiger partial charge in [0.25, 0.3) is 0 Å². The van der Waals surface area contributed by atoms with Crippen LogP contribution in [-0.4, -0.2) is 60.5 Å². The lowest BCUT2D eigenvalue weighted by Crippen LogP contribution is -2.26. The van der Waals surface area contributed by atoms with Crippen LogP contribution in [0.15, 0.2) is 23.8 Å². The van der Waals surface area contributed by atoms with Gasteiger partial charge >= 0.3 is 0 Å². The fourth-order valence-corrected chi connectivity index (χ4v) is 4.70. The Morgan fingerprint density at radius 2 is 2.17 bits per heavy atom. The molecule has 0 heterocycles. The van der Waals surface area contributed by atoms with Gasteiger partial charge in [-0.05, 0) is 43.4 Å². The van der Waals surface area contributed by atoms with Gasteiger partial charge in [-0.1, -0.05) is 56.9 Å². The minimum atomic E-state index is -0.426. The van der Waals surface area contributed by atoms with E-state index in [0.717, 1.165) is 32.1 Å². The number of fused-ring (bicyclic) bond motifs is 1. The number of amides is 1. The molecule has 29 heavy (non-hydrogen) atoms. The lowest BCUT2D eigenvalue weighted by molar-refractivity contribution is -0.133. The molecule has 0 unspecified atom stereocenters. The topological polar surface area (TPSA) is 70.0 Å². The lowest BCUT2D eigenvalue weighted by Gasteiger charge is -2.19. The molecule has 0 aromatic carbocycles. The Morgan fingerprint density at radius 1 is 1.41 bits per heavy atom. The molecular formula is C24H41NO4. The SMILES string of the molecule is CCCC[C@H](C)C[C@H](O)/C=C/[C@@H]1[C@H]2CC(CCOCC(=O)N(C)C)=C[C@H]2C[C@H]1O. The maximum Gasteiger partial charge on any atom is 0.248 e. The van der Waals surface area contributed by atoms with Crippen LogP contribution >= 0.6 is 0 Å². The molecule has 1 amide bonds. The van der Waals surface area contributed by atoms with Crippen molar-refractivity contribution in [1.29, 1.82) is 0 Å². The Hall–Kier alpha value is -1.17. The number of nitrogens with zero attached hydrogens (tertiary/aromatic N) is 1. The van der Waals surface area contributed by atoms with Gasteiger partial charge in [-0.15, -0.1) is 0 Å². The van der Waals surface area contributed by atoms with E-state index < -0.39 is 6.10 Å². The summed E-state index contributed by atoms with van der Waals surface area (Å²) in [5.74, 6) is 1.46. The van der Waals surface area contributed by atoms with Gasteiger partial charge in [-0.3, -0.25) is 4.79 Å². The molecule has 1 saturated carbocycles. The van der Waals surface area contributed by atoms with E-state index in [0.29, 0.717) is 24.4 Å². The van der Waals surface area contributed by atoms with Gasteiger partial charge in [0, 0.05) is 20.0 Å². The standard InChI is InChI=1S/C24H41NO4/c1-5-6-7-17(2)12-20(26)8-9-21-22-14-18(13-19(22)15-23(21)27)10-11-29-16-24(28)25(3)4/h8-9,13,17,19-23,26-27H,5-7,10-12,14-16H2,1-4H3/b9-8+/t17-,19-,20+,21+,22-,23+/m0/s1. The van der Waals surface area contributed by atoms with Gasteiger partial charge in [0.05, 0.1) is 18.8 Å². The number of rotatable bonds is 12. The van der Waals surface area contributed by atoms with Gasteiger partial charge in [0.2, 0.25) is 5.91 Å². The van der Waals surface area contributed by atoms with Crippen molar-refractivity contribution in [2.45, 2.75) is 71.0 Å². The highest BCUT2D eigenvalue weighted by Crippen LogP contribution is 2.48. The molecule has 1 fully saturated rings. The second-order valence-corrected chi connectivity index (χ2v) is 9.26. The fraction of sp³-hybridized carbons (Fsp3) is 0.792. The van der Waals surface area contributed by atoms with Gasteiger partial charge in [0.1, 0.15) is 6.61 Å². The Bertz CT molecular complexity index is 571. The zero-order valence-corrected chi connectivity index (χ0v) is 18.7. The van der Waals surface area contributed by atoms with Crippen molar-refractivity contribution in [3.8, 4) is 0 Å². The summed E-state index contributed by atoms with van der Waals surface area (Å²) in [5, 5.41) is 20.8. The predicted octanol–water partition coefficient (Wildman–Crippen LogP) is 3.56. The van der Waals surface area contributed by atoms with E-state index in [1.807, 2.05) is 6.08 Å². The first kappa shape index (κ1) is 24.1. The normalized spacial score (nSPS) is 28.4. The Balaban J connectivity index is 1.77. The maximum absolute atomic E-state index is 11.6. The molecule has 0 spiro atoms. The smallest absolute Gasteiger partial charge is 0.248 e. The zero-order chi connectivity index (χ0) is 21.4. The molecular weight excluding hydrogens is 366 g/mol. The summed E-state index contributed by atoms with van der Waals surface area (Å²) in [6.45, 7) is 5.09. The number of unbranched alkanes of at least 4 members (excludes halogenated alkanes) is 1. The predicted molar refractivity (Wildman–Crippen MR) is 116 cm³/mol. The Labute approximate surface area is 176 Å². The van der Waals surface area contributed by atoms with Crippen LogP contribution in [0.2, 0.25) is 0 Å². The molecule has 2 aliphatic rings. The van der Waals surface area contributed by atoms with Crippen LogP contribution in [0.5, 0.6) is 0 Å². The van der Waals surface area contributed by atoms with Crippen molar-refractivity contribution in [3.63, 3.8) is 0 Å². The number of allylic oxidation sites excluding steroid dienone is 1. The second-order valence-electron chi connectivity index (χ2n) is 9.26. The van der Waals surface area contributed by atoms with Crippen molar-refractivity contribution in [2.24, 2.45) is 23.7 Å². The molecule has 166 valence electrons. The number of aliphatic hydroxyl groups is 2. The van der Waals surface area contributed by atoms with Crippen molar-refractivity contribution in [3.05, 3.63) is 23.8 Å². The fourth-order valence-electron chi connectivity index (χ4n) is 4.70. The molecule has 6 atom stereocenters. The number of hydrogen-bond donors (Lipinski definition) is 2. The van der Waals surface area contributed by atoms with Crippen LogP contribution in [0, 0.1) is 23.7 Å². The average molecular weight is 408 g/mol. The molecule has 2 aliphatic carbocycles. The third-order valence-corrected chi connectivity index (χ3v) is 6.49. The quantitative estimate of drug-likeness (QED) is 0.383. The summed E-state index contributed by atoms with van der Waals surface area (Å²) in [5.41, 5.74) is 1.37. The maximum atomic E-state index is 11.6. The number of aliphatic hydroxyl groups excluding tert-OH is 2. The van der Waals surface area contributed by atoms with E-state index >= 15 is 0 Å². The molecule has 2 rings (SSSR count). The largest absolute Gasteiger partial charge is 0.392 e. The van der Waals surface area contributed by atoms with E-state index in [1.54, 1.807) is 14.1 Å². The molecule has 0 saturated heterocycles. The van der Waals surface area contributed by atoms with E-state index in [-0.39, 0.29) is 24.5 Å². The number of hydrogen-bond acceptors (Lipinski definition) is 4. The summed E-state index contributed by atoms with van der Waals surface area (Å²) >= 11 is 0. The monoisotopic (exact) mass is 407 g/mol. The molecule has 0 radical (unpaired) electrons. The summed E-state index contributed by atoms with van der Waals surface area (Å²) in [6, 6.07) is 0. The van der Waals surface area contributed by atoms with Crippen LogP contribution in [0.3, 0.4) is 0 Å². The summed E-state index contributed by atoms with van der Waals surface area (Å²) in [4.78, 5) is 13.1. The van der Waals surface area contributed by atoms with E-state index in [9.17, 15) is 15.0 Å². The van der Waals surface area contributed by atoms with Crippen molar-refractivity contribution in [2.75, 3.05) is 27.3 Å². The Morgan fingerprint density at radius 3 is 2.86 bits per heavy atom. The highest BCUT2D eigenvalue weighted by Gasteiger charge is 2.43. The first-order valence-electron chi connectivity index (χ1n) is 11.3. The van der Waals surface area contributed by atoms with Crippen molar-refractivity contribution >= 4 is 5.91 Å². The number of carbonyl (C=O) groups excluding carboxylic acids is 1. The minimum Gasteiger partial charge on any atom is -0.392 e. The summed E-state index contributed by atoms with van der Waals surface area (Å²) in [6.07, 6.45) is 12.5. The van der Waals surface area contributed by atoms with Crippen LogP contribution in [-0.2, 0) is 9.53 Å². The number of carbonyl (C=O) groups is 1. The lowest BCUT2D eigenvalue weighted by atomic mass is 9.88. The third-order valence-electron chi connectivity index (χ3n) is 6.49. The van der Waals surface area contributed by atoms with Crippen molar-refractivity contribution in [1.82, 2.24) is 4.90 Å². The summed E-state index contributed by atoms with van der Waals surface area (Å²) < 4.78 is 5.50. The molecule has 0 aromatic heterocycles. The first-order valence-corrected chi connectivity index (χ1v) is 11.3. The molecule has 5 nitrogen and oxygen atoms in total.